The minimum absolute atomic E-state index is 0.0901. The first-order valence-electron chi connectivity index (χ1n) is 6.50. The van der Waals surface area contributed by atoms with Crippen molar-refractivity contribution >= 4 is 15.7 Å². The maximum atomic E-state index is 12.3. The number of sulfonamides is 1. The maximum absolute atomic E-state index is 12.3. The fourth-order valence-corrected chi connectivity index (χ4v) is 3.14. The normalized spacial score (nSPS) is 11.3. The second kappa shape index (κ2) is 6.60. The molecule has 2 rings (SSSR count). The average molecular weight is 306 g/mol. The molecule has 3 N–H and O–H groups in total. The third kappa shape index (κ3) is 3.96. The van der Waals surface area contributed by atoms with Crippen molar-refractivity contribution in [3.05, 3.63) is 54.1 Å². The molecule has 0 amide bonds. The number of hydrogen-bond acceptors (Lipinski definition) is 4. The van der Waals surface area contributed by atoms with Gasteiger partial charge in [0, 0.05) is 18.3 Å². The molecule has 0 fully saturated rings. The second-order valence-corrected chi connectivity index (χ2v) is 6.28. The zero-order chi connectivity index (χ0) is 15.3. The van der Waals surface area contributed by atoms with E-state index in [1.54, 1.807) is 0 Å². The molecule has 0 unspecified atom stereocenters. The Balaban J connectivity index is 2.08. The smallest absolute Gasteiger partial charge is 0.244 e. The number of hydrogen-bond donors (Lipinski definition) is 2. The minimum atomic E-state index is -3.62. The van der Waals surface area contributed by atoms with Gasteiger partial charge in [-0.1, -0.05) is 30.3 Å². The molecular formula is C15H18N2O3S. The predicted molar refractivity (Wildman–Crippen MR) is 82.7 cm³/mol. The van der Waals surface area contributed by atoms with Crippen molar-refractivity contribution in [1.82, 2.24) is 4.72 Å². The number of anilines is 1. The van der Waals surface area contributed by atoms with Gasteiger partial charge >= 0.3 is 0 Å². The Labute approximate surface area is 124 Å². The van der Waals surface area contributed by atoms with Gasteiger partial charge in [-0.05, 0) is 24.1 Å². The Morgan fingerprint density at radius 3 is 2.52 bits per heavy atom. The highest BCUT2D eigenvalue weighted by Crippen LogP contribution is 2.25. The number of nitrogens with two attached hydrogens (primary N) is 1. The van der Waals surface area contributed by atoms with E-state index in [-0.39, 0.29) is 10.6 Å². The van der Waals surface area contributed by atoms with Crippen LogP contribution in [0.1, 0.15) is 5.56 Å². The second-order valence-electron chi connectivity index (χ2n) is 4.54. The van der Waals surface area contributed by atoms with Gasteiger partial charge in [0.25, 0.3) is 0 Å². The topological polar surface area (TPSA) is 81.4 Å². The van der Waals surface area contributed by atoms with E-state index in [0.717, 1.165) is 5.56 Å². The Hall–Kier alpha value is -2.05. The van der Waals surface area contributed by atoms with Crippen LogP contribution in [0, 0.1) is 0 Å². The zero-order valence-electron chi connectivity index (χ0n) is 11.7. The van der Waals surface area contributed by atoms with E-state index in [1.165, 1.54) is 25.3 Å². The van der Waals surface area contributed by atoms with Gasteiger partial charge in [-0.25, -0.2) is 13.1 Å². The van der Waals surface area contributed by atoms with Crippen LogP contribution in [0.4, 0.5) is 5.69 Å². The molecular weight excluding hydrogens is 288 g/mol. The van der Waals surface area contributed by atoms with E-state index in [4.69, 9.17) is 10.5 Å². The molecule has 0 heterocycles. The summed E-state index contributed by atoms with van der Waals surface area (Å²) in [5.74, 6) is 0.238. The first-order chi connectivity index (χ1) is 10.0. The first kappa shape index (κ1) is 15.3. The highest BCUT2D eigenvalue weighted by Gasteiger charge is 2.18. The van der Waals surface area contributed by atoms with Gasteiger partial charge < -0.3 is 10.5 Å². The van der Waals surface area contributed by atoms with Gasteiger partial charge in [0.05, 0.1) is 7.11 Å². The van der Waals surface area contributed by atoms with E-state index in [9.17, 15) is 8.42 Å². The summed E-state index contributed by atoms with van der Waals surface area (Å²) < 4.78 is 32.2. The Kier molecular flexibility index (Phi) is 4.82. The summed E-state index contributed by atoms with van der Waals surface area (Å²) in [6.45, 7) is 0.319. The molecule has 0 aliphatic carbocycles. The van der Waals surface area contributed by atoms with Crippen molar-refractivity contribution < 1.29 is 13.2 Å². The lowest BCUT2D eigenvalue weighted by Crippen LogP contribution is -2.26. The molecule has 0 aromatic heterocycles. The number of nitrogens with one attached hydrogen (secondary N) is 1. The van der Waals surface area contributed by atoms with Crippen molar-refractivity contribution in [2.45, 2.75) is 11.3 Å². The molecule has 2 aromatic carbocycles. The molecule has 0 atom stereocenters. The predicted octanol–water partition coefficient (Wildman–Crippen LogP) is 1.80. The van der Waals surface area contributed by atoms with Gasteiger partial charge in [0.15, 0.2) is 0 Å². The monoisotopic (exact) mass is 306 g/mol. The van der Waals surface area contributed by atoms with Gasteiger partial charge in [-0.3, -0.25) is 0 Å². The summed E-state index contributed by atoms with van der Waals surface area (Å²) in [6, 6.07) is 14.2. The van der Waals surface area contributed by atoms with E-state index in [1.807, 2.05) is 30.3 Å². The molecule has 2 aromatic rings. The standard InChI is InChI=1S/C15H18N2O3S/c1-20-14-11-13(16)7-8-15(14)21(18,19)17-10-9-12-5-3-2-4-6-12/h2-8,11,17H,9-10,16H2,1H3. The van der Waals surface area contributed by atoms with Gasteiger partial charge in [0.1, 0.15) is 10.6 Å². The summed E-state index contributed by atoms with van der Waals surface area (Å²) in [5, 5.41) is 0. The van der Waals surface area contributed by atoms with Crippen LogP contribution in [0.5, 0.6) is 5.75 Å². The van der Waals surface area contributed by atoms with Crippen molar-refractivity contribution in [2.24, 2.45) is 0 Å². The quantitative estimate of drug-likeness (QED) is 0.797. The molecule has 6 heteroatoms. The lowest BCUT2D eigenvalue weighted by Gasteiger charge is -2.11. The van der Waals surface area contributed by atoms with Gasteiger partial charge in [-0.15, -0.1) is 0 Å². The SMILES string of the molecule is COc1cc(N)ccc1S(=O)(=O)NCCc1ccccc1. The van der Waals surface area contributed by atoms with E-state index >= 15 is 0 Å². The van der Waals surface area contributed by atoms with Crippen LogP contribution in [-0.2, 0) is 16.4 Å². The third-order valence-corrected chi connectivity index (χ3v) is 4.53. The van der Waals surface area contributed by atoms with Gasteiger partial charge in [0.2, 0.25) is 10.0 Å². The number of ether oxygens (including phenoxy) is 1. The molecule has 0 saturated heterocycles. The summed E-state index contributed by atoms with van der Waals surface area (Å²) in [5.41, 5.74) is 7.15. The maximum Gasteiger partial charge on any atom is 0.244 e. The van der Waals surface area contributed by atoms with Crippen LogP contribution in [0.25, 0.3) is 0 Å². The number of methoxy groups -OCH3 is 1. The molecule has 112 valence electrons. The summed E-state index contributed by atoms with van der Waals surface area (Å²) in [7, 11) is -2.21. The van der Waals surface area contributed by atoms with Crippen LogP contribution in [0.2, 0.25) is 0 Å². The van der Waals surface area contributed by atoms with Crippen molar-refractivity contribution in [3.8, 4) is 5.75 Å². The molecule has 0 radical (unpaired) electrons. The molecule has 5 nitrogen and oxygen atoms in total. The Bertz CT molecular complexity index is 700. The molecule has 0 spiro atoms. The Morgan fingerprint density at radius 2 is 1.86 bits per heavy atom. The number of benzene rings is 2. The molecule has 0 saturated carbocycles. The Morgan fingerprint density at radius 1 is 1.14 bits per heavy atom. The fraction of sp³-hybridized carbons (Fsp3) is 0.200. The van der Waals surface area contributed by atoms with Crippen LogP contribution < -0.4 is 15.2 Å². The van der Waals surface area contributed by atoms with Crippen molar-refractivity contribution in [2.75, 3.05) is 19.4 Å². The fourth-order valence-electron chi connectivity index (χ4n) is 1.96. The summed E-state index contributed by atoms with van der Waals surface area (Å²) >= 11 is 0. The number of nitrogen functional groups attached to an aromatic ring is 1. The highest BCUT2D eigenvalue weighted by atomic mass is 32.2. The molecule has 0 aliphatic rings. The van der Waals surface area contributed by atoms with Crippen LogP contribution in [0.15, 0.2) is 53.4 Å². The molecule has 0 bridgehead atoms. The molecule has 21 heavy (non-hydrogen) atoms. The third-order valence-electron chi connectivity index (χ3n) is 3.03. The minimum Gasteiger partial charge on any atom is -0.495 e. The highest BCUT2D eigenvalue weighted by molar-refractivity contribution is 7.89. The lowest BCUT2D eigenvalue weighted by molar-refractivity contribution is 0.402. The van der Waals surface area contributed by atoms with Gasteiger partial charge in [-0.2, -0.15) is 0 Å². The zero-order valence-corrected chi connectivity index (χ0v) is 12.6. The summed E-state index contributed by atoms with van der Waals surface area (Å²) in [4.78, 5) is 0.0901. The van der Waals surface area contributed by atoms with Crippen molar-refractivity contribution in [1.29, 1.82) is 0 Å². The average Bonchev–Trinajstić information content (AvgIpc) is 2.47. The first-order valence-corrected chi connectivity index (χ1v) is 7.98. The molecule has 0 aliphatic heterocycles. The van der Waals surface area contributed by atoms with Crippen LogP contribution in [-0.4, -0.2) is 22.1 Å². The van der Waals surface area contributed by atoms with E-state index in [0.29, 0.717) is 18.7 Å². The van der Waals surface area contributed by atoms with Crippen LogP contribution >= 0.6 is 0 Å². The largest absolute Gasteiger partial charge is 0.495 e. The van der Waals surface area contributed by atoms with Crippen molar-refractivity contribution in [3.63, 3.8) is 0 Å². The van der Waals surface area contributed by atoms with Crippen LogP contribution in [0.3, 0.4) is 0 Å². The van der Waals surface area contributed by atoms with E-state index < -0.39 is 10.0 Å². The lowest BCUT2D eigenvalue weighted by atomic mass is 10.2. The van der Waals surface area contributed by atoms with E-state index in [2.05, 4.69) is 4.72 Å². The number of rotatable bonds is 6. The summed E-state index contributed by atoms with van der Waals surface area (Å²) in [6.07, 6.45) is 0.622.